The third-order valence-corrected chi connectivity index (χ3v) is 11.2. The molecule has 2 heterocycles. The first-order chi connectivity index (χ1) is 22.2. The van der Waals surface area contributed by atoms with E-state index < -0.39 is 74.3 Å². The fraction of sp³-hybridized carbons (Fsp3) is 0.781. The molecular weight excluding hydrogens is 632 g/mol. The van der Waals surface area contributed by atoms with E-state index in [0.29, 0.717) is 19.3 Å². The summed E-state index contributed by atoms with van der Waals surface area (Å²) in [5, 5.41) is 4.79. The molecule has 5 aliphatic rings. The number of nitrogens with zero attached hydrogens (tertiary/aromatic N) is 1. The number of hydrogen-bond donors (Lipinski definition) is 3. The first-order valence-electron chi connectivity index (χ1n) is 16.8. The lowest BCUT2D eigenvalue weighted by Gasteiger charge is -2.30. The highest BCUT2D eigenvalue weighted by Crippen LogP contribution is 2.46. The zero-order valence-corrected chi connectivity index (χ0v) is 28.3. The Bertz CT molecular complexity index is 1370. The van der Waals surface area contributed by atoms with Gasteiger partial charge in [0.05, 0.1) is 24.3 Å². The fourth-order valence-electron chi connectivity index (χ4n) is 6.61. The van der Waals surface area contributed by atoms with Crippen LogP contribution in [-0.2, 0) is 43.4 Å². The Labute approximate surface area is 276 Å². The van der Waals surface area contributed by atoms with Crippen LogP contribution < -0.4 is 15.4 Å². The molecule has 3 saturated carbocycles. The van der Waals surface area contributed by atoms with E-state index >= 15 is 0 Å². The van der Waals surface area contributed by atoms with Crippen molar-refractivity contribution in [1.82, 2.24) is 20.3 Å². The van der Waals surface area contributed by atoms with Crippen LogP contribution in [0.2, 0.25) is 0 Å². The third kappa shape index (κ3) is 8.84. The lowest BCUT2D eigenvalue weighted by molar-refractivity contribution is -0.155. The maximum atomic E-state index is 14.1. The summed E-state index contributed by atoms with van der Waals surface area (Å²) in [5.74, 6) is -3.18. The summed E-state index contributed by atoms with van der Waals surface area (Å²) in [6.45, 7) is 5.48. The van der Waals surface area contributed by atoms with Crippen LogP contribution in [0.3, 0.4) is 0 Å². The van der Waals surface area contributed by atoms with Crippen molar-refractivity contribution in [3.63, 3.8) is 0 Å². The summed E-state index contributed by atoms with van der Waals surface area (Å²) >= 11 is 0. The monoisotopic (exact) mass is 680 g/mol. The Kier molecular flexibility index (Phi) is 10.5. The number of sulfonamides is 1. The first-order valence-corrected chi connectivity index (χ1v) is 18.4. The third-order valence-electron chi connectivity index (χ3n) is 9.39. The second-order valence-electron chi connectivity index (χ2n) is 14.4. The van der Waals surface area contributed by atoms with Crippen molar-refractivity contribution in [1.29, 1.82) is 0 Å². The highest BCUT2D eigenvalue weighted by atomic mass is 32.2. The molecule has 15 heteroatoms. The molecule has 3 aliphatic carbocycles. The lowest BCUT2D eigenvalue weighted by Crippen LogP contribution is -2.58. The smallest absolute Gasteiger partial charge is 0.408 e. The molecule has 0 radical (unpaired) electrons. The first kappa shape index (κ1) is 35.1. The van der Waals surface area contributed by atoms with E-state index in [1.807, 2.05) is 0 Å². The number of amides is 4. The molecule has 2 aliphatic heterocycles. The van der Waals surface area contributed by atoms with Gasteiger partial charge in [0, 0.05) is 18.9 Å². The van der Waals surface area contributed by atoms with Gasteiger partial charge < -0.3 is 29.7 Å². The summed E-state index contributed by atoms with van der Waals surface area (Å²) in [6, 6.07) is -2.22. The molecule has 0 spiro atoms. The second-order valence-corrected chi connectivity index (χ2v) is 16.4. The molecule has 0 aromatic rings. The Morgan fingerprint density at radius 3 is 2.45 bits per heavy atom. The highest BCUT2D eigenvalue weighted by Gasteiger charge is 2.62. The van der Waals surface area contributed by atoms with Gasteiger partial charge in [0.2, 0.25) is 21.8 Å². The molecule has 0 bridgehead atoms. The van der Waals surface area contributed by atoms with Crippen LogP contribution in [0.4, 0.5) is 4.79 Å². The van der Waals surface area contributed by atoms with Crippen molar-refractivity contribution in [3.8, 4) is 0 Å². The van der Waals surface area contributed by atoms with E-state index in [2.05, 4.69) is 15.4 Å². The average Bonchev–Trinajstić information content (AvgIpc) is 3.92. The summed E-state index contributed by atoms with van der Waals surface area (Å²) in [6.07, 6.45) is 7.86. The minimum Gasteiger partial charge on any atom is -0.460 e. The molecule has 14 nitrogen and oxygen atoms in total. The Morgan fingerprint density at radius 2 is 1.77 bits per heavy atom. The largest absolute Gasteiger partial charge is 0.460 e. The molecule has 4 fully saturated rings. The summed E-state index contributed by atoms with van der Waals surface area (Å²) in [4.78, 5) is 68.8. The molecule has 3 N–H and O–H groups in total. The van der Waals surface area contributed by atoms with E-state index in [0.717, 1.165) is 32.1 Å². The van der Waals surface area contributed by atoms with Gasteiger partial charge in [-0.25, -0.2) is 13.2 Å². The SMILES string of the molecule is CC(C)(C)OC(=O)N[C@H]1CCCOC/C=C\[C@@H]2C[C@@]2(C(=O)NS(=O)(=O)C2CC2)NC(=O)[C@@H]2C[C@@H](OC(=O)C3CCCCC3)CN2C1=O. The van der Waals surface area contributed by atoms with Gasteiger partial charge in [-0.3, -0.25) is 23.9 Å². The molecule has 0 aromatic carbocycles. The van der Waals surface area contributed by atoms with Crippen LogP contribution in [-0.4, -0.2) is 97.4 Å². The van der Waals surface area contributed by atoms with Crippen molar-refractivity contribution >= 4 is 39.8 Å². The van der Waals surface area contributed by atoms with Crippen LogP contribution in [0.25, 0.3) is 0 Å². The van der Waals surface area contributed by atoms with Gasteiger partial charge in [-0.1, -0.05) is 31.4 Å². The zero-order chi connectivity index (χ0) is 34.0. The minimum absolute atomic E-state index is 0.0170. The lowest BCUT2D eigenvalue weighted by atomic mass is 9.89. The number of alkyl carbamates (subject to hydrolysis) is 1. The maximum Gasteiger partial charge on any atom is 0.408 e. The summed E-state index contributed by atoms with van der Waals surface area (Å²) < 4.78 is 44.5. The predicted molar refractivity (Wildman–Crippen MR) is 168 cm³/mol. The number of carbonyl (C=O) groups is 5. The molecule has 5 rings (SSSR count). The average molecular weight is 681 g/mol. The number of fused-ring (bicyclic) bond motifs is 2. The highest BCUT2D eigenvalue weighted by molar-refractivity contribution is 7.91. The Hall–Kier alpha value is -3.20. The van der Waals surface area contributed by atoms with Crippen molar-refractivity contribution < 1.29 is 46.6 Å². The van der Waals surface area contributed by atoms with Crippen molar-refractivity contribution in [2.45, 2.75) is 126 Å². The second kappa shape index (κ2) is 14.1. The van der Waals surface area contributed by atoms with Gasteiger partial charge in [0.15, 0.2) is 0 Å². The van der Waals surface area contributed by atoms with Gasteiger partial charge in [0.1, 0.15) is 29.3 Å². The minimum atomic E-state index is -3.90. The van der Waals surface area contributed by atoms with Crippen LogP contribution in [0.1, 0.15) is 91.4 Å². The summed E-state index contributed by atoms with van der Waals surface area (Å²) in [7, 11) is -3.90. The van der Waals surface area contributed by atoms with Gasteiger partial charge in [-0.05, 0) is 65.7 Å². The van der Waals surface area contributed by atoms with E-state index in [1.165, 1.54) is 4.90 Å². The molecule has 0 unspecified atom stereocenters. The van der Waals surface area contributed by atoms with E-state index in [9.17, 15) is 32.4 Å². The number of esters is 1. The molecule has 262 valence electrons. The van der Waals surface area contributed by atoms with E-state index in [4.69, 9.17) is 14.2 Å². The van der Waals surface area contributed by atoms with Crippen molar-refractivity contribution in [2.75, 3.05) is 19.8 Å². The number of rotatable bonds is 6. The fourth-order valence-corrected chi connectivity index (χ4v) is 7.97. The van der Waals surface area contributed by atoms with Gasteiger partial charge in [0.25, 0.3) is 5.91 Å². The molecule has 47 heavy (non-hydrogen) atoms. The van der Waals surface area contributed by atoms with E-state index in [-0.39, 0.29) is 50.9 Å². The molecular formula is C32H48N4O10S. The topological polar surface area (TPSA) is 187 Å². The number of hydrogen-bond acceptors (Lipinski definition) is 10. The van der Waals surface area contributed by atoms with Crippen LogP contribution in [0.15, 0.2) is 12.2 Å². The number of carbonyl (C=O) groups excluding carboxylic acids is 5. The quantitative estimate of drug-likeness (QED) is 0.276. The van der Waals surface area contributed by atoms with Gasteiger partial charge in [-0.15, -0.1) is 0 Å². The molecule has 4 amide bonds. The number of ether oxygens (including phenoxy) is 3. The normalized spacial score (nSPS) is 31.6. The van der Waals surface area contributed by atoms with Crippen molar-refractivity contribution in [3.05, 3.63) is 12.2 Å². The maximum absolute atomic E-state index is 14.1. The van der Waals surface area contributed by atoms with Crippen LogP contribution in [0.5, 0.6) is 0 Å². The standard InChI is InChI=1S/C32H48N4O10S/c1-31(2,3)46-30(41)33-24-12-8-16-44-15-7-11-21-18-32(21,29(40)35-47(42,43)23-13-14-23)34-26(37)25-17-22(19-36(25)27(24)38)45-28(39)20-9-5-4-6-10-20/h7,11,20-25H,4-6,8-10,12-19H2,1-3H3,(H,33,41)(H,34,37)(H,35,40)/b11-7-/t21-,22-,24+,25+,32-/m1/s1. The van der Waals surface area contributed by atoms with Crippen molar-refractivity contribution in [2.24, 2.45) is 11.8 Å². The van der Waals surface area contributed by atoms with Crippen LogP contribution >= 0.6 is 0 Å². The Balaban J connectivity index is 1.40. The molecule has 5 atom stereocenters. The Morgan fingerprint density at radius 1 is 1.04 bits per heavy atom. The zero-order valence-electron chi connectivity index (χ0n) is 27.5. The summed E-state index contributed by atoms with van der Waals surface area (Å²) in [5.41, 5.74) is -2.37. The molecule has 0 aromatic heterocycles. The predicted octanol–water partition coefficient (Wildman–Crippen LogP) is 1.82. The van der Waals surface area contributed by atoms with Gasteiger partial charge in [-0.2, -0.15) is 0 Å². The van der Waals surface area contributed by atoms with Crippen LogP contribution in [0, 0.1) is 11.8 Å². The van der Waals surface area contributed by atoms with Gasteiger partial charge >= 0.3 is 12.1 Å². The van der Waals surface area contributed by atoms with E-state index in [1.54, 1.807) is 32.9 Å². The number of nitrogens with one attached hydrogen (secondary N) is 3. The molecule has 1 saturated heterocycles.